The Bertz CT molecular complexity index is 371. The lowest BCUT2D eigenvalue weighted by atomic mass is 10.1. The number of pyridine rings is 1. The van der Waals surface area contributed by atoms with E-state index in [0.29, 0.717) is 25.9 Å². The van der Waals surface area contributed by atoms with E-state index in [2.05, 4.69) is 4.98 Å². The molecule has 0 unspecified atom stereocenters. The summed E-state index contributed by atoms with van der Waals surface area (Å²) in [6, 6.07) is 3.83. The van der Waals surface area contributed by atoms with E-state index in [4.69, 9.17) is 0 Å². The van der Waals surface area contributed by atoms with Crippen molar-refractivity contribution in [3.05, 3.63) is 30.1 Å². The topological polar surface area (TPSA) is 53.4 Å². The van der Waals surface area contributed by atoms with Crippen LogP contribution < -0.4 is 0 Å². The van der Waals surface area contributed by atoms with Gasteiger partial charge in [0.25, 0.3) is 0 Å². The van der Waals surface area contributed by atoms with Crippen molar-refractivity contribution in [1.29, 1.82) is 0 Å². The third-order valence-electron chi connectivity index (χ3n) is 2.66. The summed E-state index contributed by atoms with van der Waals surface area (Å²) in [5.74, 6) is 0.0727. The zero-order chi connectivity index (χ0) is 13.6. The Morgan fingerprint density at radius 1 is 1.50 bits per heavy atom. The lowest BCUT2D eigenvalue weighted by Gasteiger charge is -2.28. The third kappa shape index (κ3) is 5.27. The number of likely N-dealkylation sites (N-methyl/N-ethyl adjacent to an activating group) is 1. The second kappa shape index (κ2) is 6.50. The Morgan fingerprint density at radius 3 is 2.72 bits per heavy atom. The molecule has 0 bridgehead atoms. The van der Waals surface area contributed by atoms with Gasteiger partial charge in [0.1, 0.15) is 0 Å². The lowest BCUT2D eigenvalue weighted by molar-refractivity contribution is -0.133. The first-order valence-corrected chi connectivity index (χ1v) is 6.31. The number of nitrogens with zero attached hydrogens (tertiary/aromatic N) is 2. The Morgan fingerprint density at radius 2 is 2.22 bits per heavy atom. The van der Waals surface area contributed by atoms with Crippen molar-refractivity contribution in [3.63, 3.8) is 0 Å². The molecule has 1 N–H and O–H groups in total. The third-order valence-corrected chi connectivity index (χ3v) is 2.66. The van der Waals surface area contributed by atoms with E-state index in [0.717, 1.165) is 5.56 Å². The molecule has 0 aliphatic heterocycles. The van der Waals surface area contributed by atoms with Crippen LogP contribution in [0.15, 0.2) is 24.5 Å². The van der Waals surface area contributed by atoms with Crippen LogP contribution in [-0.2, 0) is 11.2 Å². The van der Waals surface area contributed by atoms with Gasteiger partial charge in [0.2, 0.25) is 5.91 Å². The van der Waals surface area contributed by atoms with Gasteiger partial charge in [0.05, 0.1) is 5.60 Å². The van der Waals surface area contributed by atoms with Crippen molar-refractivity contribution in [2.24, 2.45) is 0 Å². The highest BCUT2D eigenvalue weighted by Gasteiger charge is 2.20. The number of hydrogen-bond donors (Lipinski definition) is 1. The van der Waals surface area contributed by atoms with Gasteiger partial charge in [-0.25, -0.2) is 0 Å². The van der Waals surface area contributed by atoms with Gasteiger partial charge in [-0.3, -0.25) is 9.78 Å². The minimum atomic E-state index is -0.847. The minimum absolute atomic E-state index is 0.0727. The number of aromatic nitrogens is 1. The predicted octanol–water partition coefficient (Wildman–Crippen LogP) is 1.63. The number of rotatable bonds is 6. The highest BCUT2D eigenvalue weighted by atomic mass is 16.3. The maximum absolute atomic E-state index is 12.0. The largest absolute Gasteiger partial charge is 0.389 e. The number of amides is 1. The van der Waals surface area contributed by atoms with Gasteiger partial charge in [-0.1, -0.05) is 6.07 Å². The SMILES string of the molecule is CCN(CC(C)(C)O)C(=O)CCc1cccnc1. The molecule has 1 amide bonds. The maximum Gasteiger partial charge on any atom is 0.222 e. The van der Waals surface area contributed by atoms with Crippen molar-refractivity contribution in [2.45, 2.75) is 39.2 Å². The Labute approximate surface area is 109 Å². The van der Waals surface area contributed by atoms with Crippen LogP contribution in [0.1, 0.15) is 32.8 Å². The zero-order valence-corrected chi connectivity index (χ0v) is 11.4. The average Bonchev–Trinajstić information content (AvgIpc) is 2.33. The second-order valence-corrected chi connectivity index (χ2v) is 5.08. The van der Waals surface area contributed by atoms with Crippen molar-refractivity contribution < 1.29 is 9.90 Å². The molecule has 0 aromatic carbocycles. The molecule has 0 saturated heterocycles. The zero-order valence-electron chi connectivity index (χ0n) is 11.4. The number of carbonyl (C=O) groups excluding carboxylic acids is 1. The lowest BCUT2D eigenvalue weighted by Crippen LogP contribution is -2.42. The minimum Gasteiger partial charge on any atom is -0.389 e. The fourth-order valence-electron chi connectivity index (χ4n) is 1.80. The van der Waals surface area contributed by atoms with Gasteiger partial charge in [-0.05, 0) is 38.8 Å². The maximum atomic E-state index is 12.0. The van der Waals surface area contributed by atoms with Crippen LogP contribution in [0, 0.1) is 0 Å². The molecule has 1 aromatic rings. The van der Waals surface area contributed by atoms with E-state index in [1.165, 1.54) is 0 Å². The summed E-state index contributed by atoms with van der Waals surface area (Å²) in [5.41, 5.74) is 0.213. The monoisotopic (exact) mass is 250 g/mol. The van der Waals surface area contributed by atoms with Crippen LogP contribution in [0.5, 0.6) is 0 Å². The van der Waals surface area contributed by atoms with Crippen molar-refractivity contribution in [1.82, 2.24) is 9.88 Å². The fraction of sp³-hybridized carbons (Fsp3) is 0.571. The standard InChI is InChI=1S/C14H22N2O2/c1-4-16(11-14(2,3)18)13(17)8-7-12-6-5-9-15-10-12/h5-6,9-10,18H,4,7-8,11H2,1-3H3. The first-order chi connectivity index (χ1) is 8.42. The van der Waals surface area contributed by atoms with E-state index >= 15 is 0 Å². The van der Waals surface area contributed by atoms with E-state index in [1.54, 1.807) is 31.1 Å². The summed E-state index contributed by atoms with van der Waals surface area (Å²) >= 11 is 0. The molecule has 0 aliphatic rings. The van der Waals surface area contributed by atoms with Crippen LogP contribution in [0.25, 0.3) is 0 Å². The highest BCUT2D eigenvalue weighted by Crippen LogP contribution is 2.08. The summed E-state index contributed by atoms with van der Waals surface area (Å²) in [7, 11) is 0. The van der Waals surface area contributed by atoms with Gasteiger partial charge in [0, 0.05) is 31.9 Å². The molecule has 1 aromatic heterocycles. The van der Waals surface area contributed by atoms with Crippen LogP contribution in [0.3, 0.4) is 0 Å². The molecule has 4 heteroatoms. The average molecular weight is 250 g/mol. The van der Waals surface area contributed by atoms with Crippen LogP contribution in [0.2, 0.25) is 0 Å². The Kier molecular flexibility index (Phi) is 5.28. The van der Waals surface area contributed by atoms with Crippen LogP contribution in [0.4, 0.5) is 0 Å². The summed E-state index contributed by atoms with van der Waals surface area (Å²) in [6.07, 6.45) is 4.64. The van der Waals surface area contributed by atoms with Crippen molar-refractivity contribution >= 4 is 5.91 Å². The van der Waals surface area contributed by atoms with E-state index in [9.17, 15) is 9.90 Å². The Hall–Kier alpha value is -1.42. The number of aryl methyl sites for hydroxylation is 1. The normalized spacial score (nSPS) is 11.3. The molecule has 0 spiro atoms. The van der Waals surface area contributed by atoms with Gasteiger partial charge in [-0.2, -0.15) is 0 Å². The smallest absolute Gasteiger partial charge is 0.222 e. The molecule has 0 atom stereocenters. The Balaban J connectivity index is 2.48. The van der Waals surface area contributed by atoms with Gasteiger partial charge < -0.3 is 10.0 Å². The van der Waals surface area contributed by atoms with Gasteiger partial charge in [-0.15, -0.1) is 0 Å². The molecule has 0 fully saturated rings. The first-order valence-electron chi connectivity index (χ1n) is 6.31. The fourth-order valence-corrected chi connectivity index (χ4v) is 1.80. The van der Waals surface area contributed by atoms with Crippen LogP contribution in [-0.4, -0.2) is 39.6 Å². The summed E-state index contributed by atoms with van der Waals surface area (Å²) in [6.45, 7) is 6.34. The van der Waals surface area contributed by atoms with E-state index < -0.39 is 5.60 Å². The molecule has 0 radical (unpaired) electrons. The van der Waals surface area contributed by atoms with E-state index in [-0.39, 0.29) is 5.91 Å². The van der Waals surface area contributed by atoms with Gasteiger partial charge >= 0.3 is 0 Å². The molecule has 100 valence electrons. The van der Waals surface area contributed by atoms with Crippen molar-refractivity contribution in [2.75, 3.05) is 13.1 Å². The molecule has 1 rings (SSSR count). The number of carbonyl (C=O) groups is 1. The second-order valence-electron chi connectivity index (χ2n) is 5.08. The summed E-state index contributed by atoms with van der Waals surface area (Å²) < 4.78 is 0. The molecule has 0 aliphatic carbocycles. The highest BCUT2D eigenvalue weighted by molar-refractivity contribution is 5.76. The summed E-state index contributed by atoms with van der Waals surface area (Å²) in [4.78, 5) is 17.7. The molecule has 1 heterocycles. The molecule has 4 nitrogen and oxygen atoms in total. The van der Waals surface area contributed by atoms with E-state index in [1.807, 2.05) is 19.1 Å². The summed E-state index contributed by atoms with van der Waals surface area (Å²) in [5, 5.41) is 9.75. The molecule has 18 heavy (non-hydrogen) atoms. The first kappa shape index (κ1) is 14.6. The molecular weight excluding hydrogens is 228 g/mol. The van der Waals surface area contributed by atoms with Crippen LogP contribution >= 0.6 is 0 Å². The predicted molar refractivity (Wildman–Crippen MR) is 71.1 cm³/mol. The number of hydrogen-bond acceptors (Lipinski definition) is 3. The number of aliphatic hydroxyl groups is 1. The quantitative estimate of drug-likeness (QED) is 0.835. The molecular formula is C14H22N2O2. The molecule has 0 saturated carbocycles. The van der Waals surface area contributed by atoms with Crippen molar-refractivity contribution in [3.8, 4) is 0 Å². The van der Waals surface area contributed by atoms with Gasteiger partial charge in [0.15, 0.2) is 0 Å².